The summed E-state index contributed by atoms with van der Waals surface area (Å²) in [5.74, 6) is 0.506. The van der Waals surface area contributed by atoms with Gasteiger partial charge in [0.15, 0.2) is 0 Å². The van der Waals surface area contributed by atoms with E-state index < -0.39 is 0 Å². The molecule has 0 spiro atoms. The minimum absolute atomic E-state index is 0.0222. The molecule has 4 nitrogen and oxygen atoms in total. The third kappa shape index (κ3) is 3.80. The van der Waals surface area contributed by atoms with Crippen molar-refractivity contribution >= 4 is 28.8 Å². The topological polar surface area (TPSA) is 54.9 Å². The zero-order valence-corrected chi connectivity index (χ0v) is 13.8. The van der Waals surface area contributed by atoms with Gasteiger partial charge in [0.2, 0.25) is 0 Å². The van der Waals surface area contributed by atoms with Gasteiger partial charge in [0.25, 0.3) is 5.91 Å². The molecule has 0 radical (unpaired) electrons. The molecule has 2 heterocycles. The van der Waals surface area contributed by atoms with Crippen molar-refractivity contribution in [1.29, 1.82) is 0 Å². The van der Waals surface area contributed by atoms with Gasteiger partial charge >= 0.3 is 0 Å². The predicted octanol–water partition coefficient (Wildman–Crippen LogP) is 4.20. The molecular formula is C15H18ClN3OS. The number of halogens is 1. The summed E-state index contributed by atoms with van der Waals surface area (Å²) in [5.41, 5.74) is 0.241. The van der Waals surface area contributed by atoms with Gasteiger partial charge in [0, 0.05) is 10.8 Å². The van der Waals surface area contributed by atoms with Crippen LogP contribution >= 0.6 is 22.9 Å². The highest BCUT2D eigenvalue weighted by atomic mass is 35.5. The second-order valence-electron chi connectivity index (χ2n) is 5.03. The minimum Gasteiger partial charge on any atom is -0.343 e. The Bertz CT molecular complexity index is 613. The van der Waals surface area contributed by atoms with Crippen LogP contribution in [0.25, 0.3) is 0 Å². The van der Waals surface area contributed by atoms with Gasteiger partial charge in [-0.3, -0.25) is 4.79 Å². The van der Waals surface area contributed by atoms with Gasteiger partial charge in [-0.05, 0) is 17.9 Å². The van der Waals surface area contributed by atoms with Crippen molar-refractivity contribution in [3.8, 4) is 0 Å². The second-order valence-corrected chi connectivity index (χ2v) is 6.42. The molecule has 0 aromatic carbocycles. The molecule has 1 N–H and O–H groups in total. The molecule has 1 amide bonds. The maximum absolute atomic E-state index is 12.4. The van der Waals surface area contributed by atoms with Crippen molar-refractivity contribution in [2.75, 3.05) is 0 Å². The van der Waals surface area contributed by atoms with E-state index in [1.54, 1.807) is 11.3 Å². The van der Waals surface area contributed by atoms with Crippen LogP contribution in [-0.4, -0.2) is 15.9 Å². The maximum atomic E-state index is 12.4. The Morgan fingerprint density at radius 2 is 2.24 bits per heavy atom. The fraction of sp³-hybridized carbons (Fsp3) is 0.400. The second kappa shape index (κ2) is 7.00. The van der Waals surface area contributed by atoms with E-state index in [2.05, 4.69) is 15.3 Å². The molecule has 0 saturated carbocycles. The van der Waals surface area contributed by atoms with E-state index >= 15 is 0 Å². The molecule has 0 aliphatic carbocycles. The largest absolute Gasteiger partial charge is 0.343 e. The van der Waals surface area contributed by atoms with Crippen LogP contribution in [0, 0.1) is 0 Å². The average Bonchev–Trinajstić information content (AvgIpc) is 2.98. The number of aromatic nitrogens is 2. The quantitative estimate of drug-likeness (QED) is 0.897. The van der Waals surface area contributed by atoms with Crippen LogP contribution in [0.15, 0.2) is 23.7 Å². The Morgan fingerprint density at radius 1 is 1.48 bits per heavy atom. The molecule has 21 heavy (non-hydrogen) atoms. The summed E-state index contributed by atoms with van der Waals surface area (Å²) in [7, 11) is 0. The highest BCUT2D eigenvalue weighted by molar-refractivity contribution is 7.10. The van der Waals surface area contributed by atoms with E-state index in [0.29, 0.717) is 5.82 Å². The number of nitrogens with one attached hydrogen (secondary N) is 1. The Balaban J connectivity index is 2.21. The van der Waals surface area contributed by atoms with Crippen LogP contribution in [-0.2, 0) is 0 Å². The van der Waals surface area contributed by atoms with E-state index in [9.17, 15) is 4.79 Å². The van der Waals surface area contributed by atoms with Gasteiger partial charge in [-0.2, -0.15) is 0 Å². The molecule has 0 fully saturated rings. The third-order valence-electron chi connectivity index (χ3n) is 3.09. The number of carbonyl (C=O) groups excluding carboxylic acids is 1. The summed E-state index contributed by atoms with van der Waals surface area (Å²) in [5, 5.41) is 5.26. The Morgan fingerprint density at radius 3 is 2.81 bits per heavy atom. The van der Waals surface area contributed by atoms with Crippen molar-refractivity contribution in [3.63, 3.8) is 0 Å². The fourth-order valence-electron chi connectivity index (χ4n) is 1.91. The van der Waals surface area contributed by atoms with Crippen LogP contribution in [0.1, 0.15) is 60.3 Å². The van der Waals surface area contributed by atoms with E-state index in [0.717, 1.165) is 11.3 Å². The summed E-state index contributed by atoms with van der Waals surface area (Å²) < 4.78 is 0. The zero-order chi connectivity index (χ0) is 15.4. The van der Waals surface area contributed by atoms with Crippen molar-refractivity contribution in [2.45, 2.75) is 39.2 Å². The lowest BCUT2D eigenvalue weighted by atomic mass is 10.1. The molecule has 2 rings (SSSR count). The first kappa shape index (κ1) is 15.9. The number of rotatable bonds is 5. The summed E-state index contributed by atoms with van der Waals surface area (Å²) in [4.78, 5) is 22.0. The van der Waals surface area contributed by atoms with Crippen molar-refractivity contribution in [1.82, 2.24) is 15.3 Å². The number of nitrogens with zero attached hydrogens (tertiary/aromatic N) is 2. The zero-order valence-electron chi connectivity index (χ0n) is 12.3. The molecule has 1 atom stereocenters. The van der Waals surface area contributed by atoms with E-state index in [1.807, 2.05) is 38.3 Å². The Kier molecular flexibility index (Phi) is 5.31. The molecule has 6 heteroatoms. The first-order valence-corrected chi connectivity index (χ1v) is 8.15. The van der Waals surface area contributed by atoms with Crippen LogP contribution in [0.5, 0.6) is 0 Å². The molecule has 0 bridgehead atoms. The van der Waals surface area contributed by atoms with Gasteiger partial charge < -0.3 is 5.32 Å². The third-order valence-corrected chi connectivity index (χ3v) is 4.36. The van der Waals surface area contributed by atoms with Crippen molar-refractivity contribution < 1.29 is 4.79 Å². The lowest BCUT2D eigenvalue weighted by Crippen LogP contribution is -2.29. The summed E-state index contributed by atoms with van der Waals surface area (Å²) in [6.45, 7) is 5.99. The number of carbonyl (C=O) groups is 1. The highest BCUT2D eigenvalue weighted by Gasteiger charge is 2.19. The van der Waals surface area contributed by atoms with Gasteiger partial charge in [-0.1, -0.05) is 38.4 Å². The molecule has 0 aliphatic heterocycles. The summed E-state index contributed by atoms with van der Waals surface area (Å²) in [6, 6.07) is 3.97. The van der Waals surface area contributed by atoms with Crippen LogP contribution < -0.4 is 5.32 Å². The first-order valence-electron chi connectivity index (χ1n) is 6.89. The normalized spacial score (nSPS) is 12.4. The number of thiophene rings is 1. The lowest BCUT2D eigenvalue weighted by molar-refractivity contribution is 0.0931. The standard InChI is InChI=1S/C15H18ClN3OS/c1-4-11(12-6-5-7-21-12)18-15(20)13-10(16)8-17-14(19-13)9(2)3/h5-9,11H,4H2,1-3H3,(H,18,20). The molecule has 0 aliphatic rings. The van der Waals surface area contributed by atoms with Crippen LogP contribution in [0.3, 0.4) is 0 Å². The van der Waals surface area contributed by atoms with Crippen LogP contribution in [0.2, 0.25) is 5.02 Å². The first-order chi connectivity index (χ1) is 10.0. The Labute approximate surface area is 133 Å². The van der Waals surface area contributed by atoms with Crippen molar-refractivity contribution in [3.05, 3.63) is 45.1 Å². The SMILES string of the molecule is CCC(NC(=O)c1nc(C(C)C)ncc1Cl)c1cccs1. The maximum Gasteiger partial charge on any atom is 0.272 e. The molecule has 2 aromatic rings. The molecule has 112 valence electrons. The van der Waals surface area contributed by atoms with Crippen LogP contribution in [0.4, 0.5) is 0 Å². The molecular weight excluding hydrogens is 306 g/mol. The molecule has 1 unspecified atom stereocenters. The van der Waals surface area contributed by atoms with E-state index in [1.165, 1.54) is 6.20 Å². The smallest absolute Gasteiger partial charge is 0.272 e. The number of amides is 1. The number of hydrogen-bond donors (Lipinski definition) is 1. The average molecular weight is 324 g/mol. The molecule has 2 aromatic heterocycles. The summed E-state index contributed by atoms with van der Waals surface area (Å²) in [6.07, 6.45) is 2.30. The van der Waals surface area contributed by atoms with Gasteiger partial charge in [-0.25, -0.2) is 9.97 Å². The fourth-order valence-corrected chi connectivity index (χ4v) is 2.95. The molecule has 0 saturated heterocycles. The van der Waals surface area contributed by atoms with Gasteiger partial charge in [0.05, 0.1) is 17.3 Å². The minimum atomic E-state index is -0.260. The van der Waals surface area contributed by atoms with Gasteiger partial charge in [-0.15, -0.1) is 11.3 Å². The monoisotopic (exact) mass is 323 g/mol. The highest BCUT2D eigenvalue weighted by Crippen LogP contribution is 2.23. The van der Waals surface area contributed by atoms with E-state index in [-0.39, 0.29) is 28.6 Å². The van der Waals surface area contributed by atoms with E-state index in [4.69, 9.17) is 11.6 Å². The Hall–Kier alpha value is -1.46. The predicted molar refractivity (Wildman–Crippen MR) is 85.9 cm³/mol. The summed E-state index contributed by atoms with van der Waals surface area (Å²) >= 11 is 7.69. The number of hydrogen-bond acceptors (Lipinski definition) is 4. The van der Waals surface area contributed by atoms with Crippen molar-refractivity contribution in [2.24, 2.45) is 0 Å². The van der Waals surface area contributed by atoms with Gasteiger partial charge in [0.1, 0.15) is 11.5 Å². The lowest BCUT2D eigenvalue weighted by Gasteiger charge is -2.16.